The predicted octanol–water partition coefficient (Wildman–Crippen LogP) is 4.14. The Morgan fingerprint density at radius 3 is 2.73 bits per heavy atom. The molecule has 0 aliphatic rings. The van der Waals surface area contributed by atoms with E-state index in [4.69, 9.17) is 9.47 Å². The van der Waals surface area contributed by atoms with Gasteiger partial charge in [0.15, 0.2) is 6.61 Å². The zero-order chi connectivity index (χ0) is 18.4. The maximum Gasteiger partial charge on any atom is 0.277 e. The zero-order valence-electron chi connectivity index (χ0n) is 14.1. The monoisotopic (exact) mass is 412 g/mol. The molecule has 0 fully saturated rings. The lowest BCUT2D eigenvalue weighted by atomic mass is 10.1. The molecule has 0 radical (unpaired) electrons. The lowest BCUT2D eigenvalue weighted by Crippen LogP contribution is -2.24. The second kappa shape index (κ2) is 8.49. The summed E-state index contributed by atoms with van der Waals surface area (Å²) < 4.78 is 11.7. The van der Waals surface area contributed by atoms with Gasteiger partial charge in [0.05, 0.1) is 13.3 Å². The van der Waals surface area contributed by atoms with Gasteiger partial charge in [-0.2, -0.15) is 5.10 Å². The van der Waals surface area contributed by atoms with Gasteiger partial charge in [0.2, 0.25) is 0 Å². The highest BCUT2D eigenvalue weighted by molar-refractivity contribution is 9.10. The quantitative estimate of drug-likeness (QED) is 0.488. The third kappa shape index (κ3) is 4.61. The number of rotatable bonds is 6. The van der Waals surface area contributed by atoms with Crippen LogP contribution in [0.25, 0.3) is 10.8 Å². The normalized spacial score (nSPS) is 10.8. The van der Waals surface area contributed by atoms with E-state index < -0.39 is 0 Å². The van der Waals surface area contributed by atoms with Crippen LogP contribution in [0.1, 0.15) is 5.56 Å². The molecule has 0 aliphatic heterocycles. The summed E-state index contributed by atoms with van der Waals surface area (Å²) in [6.45, 7) is -0.120. The minimum absolute atomic E-state index is 0.120. The smallest absolute Gasteiger partial charge is 0.277 e. The highest BCUT2D eigenvalue weighted by atomic mass is 79.9. The fraction of sp³-hybridized carbons (Fsp3) is 0.100. The molecule has 0 saturated carbocycles. The summed E-state index contributed by atoms with van der Waals surface area (Å²) in [5.41, 5.74) is 3.19. The van der Waals surface area contributed by atoms with E-state index in [0.29, 0.717) is 11.5 Å². The van der Waals surface area contributed by atoms with Gasteiger partial charge in [-0.05, 0) is 41.1 Å². The van der Waals surface area contributed by atoms with Crippen LogP contribution in [0.3, 0.4) is 0 Å². The molecule has 3 rings (SSSR count). The van der Waals surface area contributed by atoms with Crippen LogP contribution in [0.2, 0.25) is 0 Å². The standard InChI is InChI=1S/C20H17BrN2O3/c1-25-19-9-7-17(21)10-16(19)12-22-23-20(24)13-26-18-8-6-14-4-2-3-5-15(14)11-18/h2-12H,13H2,1H3,(H,23,24)/b22-12-. The van der Waals surface area contributed by atoms with E-state index in [2.05, 4.69) is 26.5 Å². The van der Waals surface area contributed by atoms with Crippen molar-refractivity contribution in [1.29, 1.82) is 0 Å². The van der Waals surface area contributed by atoms with Gasteiger partial charge in [0, 0.05) is 10.0 Å². The van der Waals surface area contributed by atoms with Gasteiger partial charge in [-0.3, -0.25) is 4.79 Å². The number of benzene rings is 3. The SMILES string of the molecule is COc1ccc(Br)cc1/C=N\NC(=O)COc1ccc2ccccc2c1. The van der Waals surface area contributed by atoms with Crippen LogP contribution in [0, 0.1) is 0 Å². The highest BCUT2D eigenvalue weighted by Gasteiger charge is 2.04. The van der Waals surface area contributed by atoms with Gasteiger partial charge in [0.25, 0.3) is 5.91 Å². The van der Waals surface area contributed by atoms with Crippen LogP contribution in [0.5, 0.6) is 11.5 Å². The number of hydrogen-bond donors (Lipinski definition) is 1. The first-order chi connectivity index (χ1) is 12.7. The molecule has 0 saturated heterocycles. The molecule has 1 amide bonds. The Bertz CT molecular complexity index is 957. The van der Waals surface area contributed by atoms with Crippen molar-refractivity contribution in [2.45, 2.75) is 0 Å². The Morgan fingerprint density at radius 2 is 1.92 bits per heavy atom. The summed E-state index contributed by atoms with van der Waals surface area (Å²) in [5, 5.41) is 6.13. The first-order valence-electron chi connectivity index (χ1n) is 7.93. The lowest BCUT2D eigenvalue weighted by molar-refractivity contribution is -0.123. The molecule has 6 heteroatoms. The van der Waals surface area contributed by atoms with Crippen LogP contribution in [0.15, 0.2) is 70.2 Å². The molecule has 0 atom stereocenters. The fourth-order valence-electron chi connectivity index (χ4n) is 2.42. The number of hydrazone groups is 1. The summed E-state index contributed by atoms with van der Waals surface area (Å²) in [4.78, 5) is 11.9. The largest absolute Gasteiger partial charge is 0.496 e. The highest BCUT2D eigenvalue weighted by Crippen LogP contribution is 2.21. The molecule has 0 spiro atoms. The Labute approximate surface area is 159 Å². The van der Waals surface area contributed by atoms with Crippen molar-refractivity contribution >= 4 is 38.8 Å². The molecule has 3 aromatic rings. The van der Waals surface area contributed by atoms with Gasteiger partial charge < -0.3 is 9.47 Å². The average molecular weight is 413 g/mol. The van der Waals surface area contributed by atoms with E-state index in [-0.39, 0.29) is 12.5 Å². The van der Waals surface area contributed by atoms with Crippen molar-refractivity contribution in [3.05, 3.63) is 70.7 Å². The van der Waals surface area contributed by atoms with Crippen molar-refractivity contribution in [3.8, 4) is 11.5 Å². The second-order valence-corrected chi connectivity index (χ2v) is 6.39. The first-order valence-corrected chi connectivity index (χ1v) is 8.72. The van der Waals surface area contributed by atoms with Crippen molar-refractivity contribution in [2.75, 3.05) is 13.7 Å². The van der Waals surface area contributed by atoms with E-state index in [9.17, 15) is 4.79 Å². The van der Waals surface area contributed by atoms with E-state index in [1.165, 1.54) is 6.21 Å². The van der Waals surface area contributed by atoms with Crippen LogP contribution in [-0.4, -0.2) is 25.8 Å². The van der Waals surface area contributed by atoms with Crippen molar-refractivity contribution in [1.82, 2.24) is 5.43 Å². The van der Waals surface area contributed by atoms with Crippen molar-refractivity contribution < 1.29 is 14.3 Å². The molecular weight excluding hydrogens is 396 g/mol. The van der Waals surface area contributed by atoms with Gasteiger partial charge >= 0.3 is 0 Å². The van der Waals surface area contributed by atoms with Gasteiger partial charge in [-0.25, -0.2) is 5.43 Å². The van der Waals surface area contributed by atoms with E-state index in [0.717, 1.165) is 20.8 Å². The third-order valence-electron chi connectivity index (χ3n) is 3.68. The third-order valence-corrected chi connectivity index (χ3v) is 4.17. The molecule has 132 valence electrons. The molecule has 5 nitrogen and oxygen atoms in total. The maximum atomic E-state index is 11.9. The molecule has 0 heterocycles. The first kappa shape index (κ1) is 17.9. The number of methoxy groups -OCH3 is 1. The Kier molecular flexibility index (Phi) is 5.86. The molecule has 0 unspecified atom stereocenters. The Balaban J connectivity index is 1.56. The minimum Gasteiger partial charge on any atom is -0.496 e. The number of carbonyl (C=O) groups is 1. The molecule has 26 heavy (non-hydrogen) atoms. The molecule has 0 bridgehead atoms. The van der Waals surface area contributed by atoms with Crippen LogP contribution in [0.4, 0.5) is 0 Å². The molecule has 3 aromatic carbocycles. The predicted molar refractivity (Wildman–Crippen MR) is 106 cm³/mol. The van der Waals surface area contributed by atoms with Crippen molar-refractivity contribution in [2.24, 2.45) is 5.10 Å². The summed E-state index contributed by atoms with van der Waals surface area (Å²) in [6.07, 6.45) is 1.53. The summed E-state index contributed by atoms with van der Waals surface area (Å²) in [5.74, 6) is 0.957. The second-order valence-electron chi connectivity index (χ2n) is 5.48. The molecule has 1 N–H and O–H groups in total. The van der Waals surface area contributed by atoms with E-state index in [1.54, 1.807) is 7.11 Å². The van der Waals surface area contributed by atoms with Crippen LogP contribution >= 0.6 is 15.9 Å². The summed E-state index contributed by atoms with van der Waals surface area (Å²) in [7, 11) is 1.58. The van der Waals surface area contributed by atoms with Crippen LogP contribution < -0.4 is 14.9 Å². The van der Waals surface area contributed by atoms with Gasteiger partial charge in [0.1, 0.15) is 11.5 Å². The molecule has 0 aromatic heterocycles. The van der Waals surface area contributed by atoms with E-state index >= 15 is 0 Å². The fourth-order valence-corrected chi connectivity index (χ4v) is 2.80. The van der Waals surface area contributed by atoms with Gasteiger partial charge in [-0.15, -0.1) is 0 Å². The van der Waals surface area contributed by atoms with Gasteiger partial charge in [-0.1, -0.05) is 46.3 Å². The number of hydrogen-bond acceptors (Lipinski definition) is 4. The maximum absolute atomic E-state index is 11.9. The zero-order valence-corrected chi connectivity index (χ0v) is 15.7. The minimum atomic E-state index is -0.344. The number of carbonyl (C=O) groups excluding carboxylic acids is 1. The number of nitrogens with zero attached hydrogens (tertiary/aromatic N) is 1. The number of ether oxygens (including phenoxy) is 2. The Hall–Kier alpha value is -2.86. The summed E-state index contributed by atoms with van der Waals surface area (Å²) >= 11 is 3.39. The lowest BCUT2D eigenvalue weighted by Gasteiger charge is -2.07. The number of halogens is 1. The average Bonchev–Trinajstić information content (AvgIpc) is 2.66. The number of fused-ring (bicyclic) bond motifs is 1. The van der Waals surface area contributed by atoms with E-state index in [1.807, 2.05) is 60.7 Å². The van der Waals surface area contributed by atoms with Crippen LogP contribution in [-0.2, 0) is 4.79 Å². The molecule has 0 aliphatic carbocycles. The molecular formula is C20H17BrN2O3. The topological polar surface area (TPSA) is 59.9 Å². The van der Waals surface area contributed by atoms with Crippen molar-refractivity contribution in [3.63, 3.8) is 0 Å². The summed E-state index contributed by atoms with van der Waals surface area (Å²) in [6, 6.07) is 19.2. The number of nitrogens with one attached hydrogen (secondary N) is 1. The number of amides is 1. The Morgan fingerprint density at radius 1 is 1.12 bits per heavy atom.